The summed E-state index contributed by atoms with van der Waals surface area (Å²) in [4.78, 5) is 35.4. The first-order chi connectivity index (χ1) is 25.4. The molecule has 13 nitrogen and oxygen atoms in total. The largest absolute Gasteiger partial charge is 0.472 e. The Balaban J connectivity index is 2.49. The lowest BCUT2D eigenvalue weighted by Crippen LogP contribution is -2.64. The highest BCUT2D eigenvalue weighted by Crippen LogP contribution is 2.47. The third-order valence-corrected chi connectivity index (χ3v) is 10.9. The average Bonchev–Trinajstić information content (AvgIpc) is 3.13. The molecule has 0 aromatic heterocycles. The van der Waals surface area contributed by atoms with Crippen molar-refractivity contribution in [2.75, 3.05) is 13.2 Å². The zero-order valence-electron chi connectivity index (χ0n) is 32.8. The lowest BCUT2D eigenvalue weighted by Gasteiger charge is -2.41. The molecule has 6 N–H and O–H groups in total. The Bertz CT molecular complexity index is 954. The molecule has 1 rings (SSSR count). The summed E-state index contributed by atoms with van der Waals surface area (Å²) in [5.41, 5.74) is 0. The molecule has 0 radical (unpaired) electrons. The van der Waals surface area contributed by atoms with Crippen LogP contribution >= 0.6 is 7.82 Å². The van der Waals surface area contributed by atoms with E-state index < -0.39 is 75.7 Å². The summed E-state index contributed by atoms with van der Waals surface area (Å²) in [6, 6.07) is 0. The Labute approximate surface area is 319 Å². The second kappa shape index (κ2) is 31.0. The fourth-order valence-electron chi connectivity index (χ4n) is 6.52. The summed E-state index contributed by atoms with van der Waals surface area (Å²) in [5.74, 6) is -1.09. The van der Waals surface area contributed by atoms with E-state index in [9.17, 15) is 44.6 Å². The van der Waals surface area contributed by atoms with E-state index in [0.717, 1.165) is 38.5 Å². The van der Waals surface area contributed by atoms with Crippen LogP contribution in [0.2, 0.25) is 0 Å². The Morgan fingerprint density at radius 3 is 1.25 bits per heavy atom. The molecule has 0 heterocycles. The van der Waals surface area contributed by atoms with Gasteiger partial charge in [0.2, 0.25) is 0 Å². The molecule has 0 aliphatic heterocycles. The van der Waals surface area contributed by atoms with Gasteiger partial charge in [-0.1, -0.05) is 155 Å². The first-order valence-electron chi connectivity index (χ1n) is 20.8. The van der Waals surface area contributed by atoms with E-state index >= 15 is 0 Å². The zero-order chi connectivity index (χ0) is 39.3. The predicted molar refractivity (Wildman–Crippen MR) is 203 cm³/mol. The normalized spacial score (nSPS) is 23.4. The number of carbonyl (C=O) groups is 2. The van der Waals surface area contributed by atoms with E-state index in [1.807, 2.05) is 0 Å². The smallest absolute Gasteiger partial charge is 0.462 e. The summed E-state index contributed by atoms with van der Waals surface area (Å²) in [6.07, 6.45) is 14.7. The minimum absolute atomic E-state index is 0.104. The van der Waals surface area contributed by atoms with Crippen molar-refractivity contribution >= 4 is 19.8 Å². The number of esters is 2. The number of unbranched alkanes of at least 4 members (excludes halogenated alkanes) is 22. The lowest BCUT2D eigenvalue weighted by molar-refractivity contribution is -0.220. The van der Waals surface area contributed by atoms with Crippen molar-refractivity contribution in [1.82, 2.24) is 0 Å². The van der Waals surface area contributed by atoms with Gasteiger partial charge < -0.3 is 39.9 Å². The van der Waals surface area contributed by atoms with Gasteiger partial charge in [0.15, 0.2) is 6.10 Å². The van der Waals surface area contributed by atoms with Crippen molar-refractivity contribution in [3.05, 3.63) is 0 Å². The van der Waals surface area contributed by atoms with Crippen molar-refractivity contribution < 1.29 is 63.1 Å². The standard InChI is InChI=1S/C39H75O13P/c1-3-5-7-9-11-13-14-15-16-17-18-20-22-24-26-28-33(41)51-31(29-49-32(40)27-25-23-21-19-12-10-8-6-4-2)30-50-53(47,48)52-39-37(45)35(43)34(42)36(44)38(39)46/h31,34-39,42-46H,3-30H2,1-2H3,(H,47,48)/t31-,34?,35-,36?,37?,38?,39?/m1/s1. The maximum atomic E-state index is 12.7. The van der Waals surface area contributed by atoms with Crippen molar-refractivity contribution in [1.29, 1.82) is 0 Å². The van der Waals surface area contributed by atoms with Crippen molar-refractivity contribution in [3.8, 4) is 0 Å². The second-order valence-corrected chi connectivity index (χ2v) is 16.3. The molecule has 314 valence electrons. The summed E-state index contributed by atoms with van der Waals surface area (Å²) in [5, 5.41) is 49.9. The van der Waals surface area contributed by atoms with Crippen LogP contribution in [0.15, 0.2) is 0 Å². The molecule has 8 atom stereocenters. The van der Waals surface area contributed by atoms with Gasteiger partial charge in [0.25, 0.3) is 0 Å². The van der Waals surface area contributed by atoms with Gasteiger partial charge in [-0.3, -0.25) is 18.6 Å². The predicted octanol–water partition coefficient (Wildman–Crippen LogP) is 6.94. The Kier molecular flexibility index (Phi) is 29.2. The summed E-state index contributed by atoms with van der Waals surface area (Å²) in [7, 11) is -5.10. The maximum Gasteiger partial charge on any atom is 0.472 e. The molecule has 1 fully saturated rings. The summed E-state index contributed by atoms with van der Waals surface area (Å²) in [6.45, 7) is 3.26. The number of rotatable bonds is 34. The van der Waals surface area contributed by atoms with Gasteiger partial charge in [-0.05, 0) is 12.8 Å². The van der Waals surface area contributed by atoms with Gasteiger partial charge in [0, 0.05) is 12.8 Å². The Hall–Kier alpha value is -1.15. The first-order valence-corrected chi connectivity index (χ1v) is 22.3. The number of hydrogen-bond acceptors (Lipinski definition) is 12. The molecule has 0 aromatic carbocycles. The van der Waals surface area contributed by atoms with Gasteiger partial charge >= 0.3 is 19.8 Å². The van der Waals surface area contributed by atoms with Gasteiger partial charge in [-0.25, -0.2) is 4.57 Å². The van der Waals surface area contributed by atoms with Crippen LogP contribution in [0.1, 0.15) is 181 Å². The average molecular weight is 783 g/mol. The molecule has 1 saturated carbocycles. The highest BCUT2D eigenvalue weighted by Gasteiger charge is 2.51. The number of carbonyl (C=O) groups excluding carboxylic acids is 2. The molecule has 0 spiro atoms. The van der Waals surface area contributed by atoms with E-state index in [-0.39, 0.29) is 12.8 Å². The molecular formula is C39H75O13P. The number of phosphoric acid groups is 1. The number of hydrogen-bond donors (Lipinski definition) is 6. The second-order valence-electron chi connectivity index (χ2n) is 14.9. The van der Waals surface area contributed by atoms with Gasteiger partial charge in [0.05, 0.1) is 6.61 Å². The minimum Gasteiger partial charge on any atom is -0.462 e. The fraction of sp³-hybridized carbons (Fsp3) is 0.949. The quantitative estimate of drug-likeness (QED) is 0.0222. The number of aliphatic hydroxyl groups is 5. The highest BCUT2D eigenvalue weighted by atomic mass is 31.2. The molecule has 1 aliphatic carbocycles. The lowest BCUT2D eigenvalue weighted by atomic mass is 9.85. The van der Waals surface area contributed by atoms with Crippen LogP contribution in [-0.2, 0) is 32.7 Å². The van der Waals surface area contributed by atoms with Crippen molar-refractivity contribution in [2.45, 2.75) is 224 Å². The zero-order valence-corrected chi connectivity index (χ0v) is 33.7. The summed E-state index contributed by atoms with van der Waals surface area (Å²) >= 11 is 0. The van der Waals surface area contributed by atoms with Crippen LogP contribution in [0.5, 0.6) is 0 Å². The van der Waals surface area contributed by atoms with E-state index in [0.29, 0.717) is 12.8 Å². The highest BCUT2D eigenvalue weighted by molar-refractivity contribution is 7.47. The van der Waals surface area contributed by atoms with E-state index in [4.69, 9.17) is 18.5 Å². The number of aliphatic hydroxyl groups excluding tert-OH is 5. The molecule has 53 heavy (non-hydrogen) atoms. The Morgan fingerprint density at radius 2 is 0.849 bits per heavy atom. The van der Waals surface area contributed by atoms with E-state index in [1.165, 1.54) is 103 Å². The monoisotopic (exact) mass is 782 g/mol. The molecular weight excluding hydrogens is 707 g/mol. The SMILES string of the molecule is CCCCCCCCCCCCCCCCCC(=O)O[C@H](COC(=O)CCCCCCCCCCC)COP(=O)(O)OC1C(O)C(O)C(O)[C@@H](O)C1O. The van der Waals surface area contributed by atoms with E-state index in [1.54, 1.807) is 0 Å². The van der Waals surface area contributed by atoms with Crippen LogP contribution in [0.25, 0.3) is 0 Å². The molecule has 6 unspecified atom stereocenters. The third-order valence-electron chi connectivity index (χ3n) is 9.95. The maximum absolute atomic E-state index is 12.7. The van der Waals surface area contributed by atoms with Gasteiger partial charge in [0.1, 0.15) is 43.2 Å². The number of phosphoric ester groups is 1. The van der Waals surface area contributed by atoms with Crippen LogP contribution in [0.4, 0.5) is 0 Å². The fourth-order valence-corrected chi connectivity index (χ4v) is 7.50. The van der Waals surface area contributed by atoms with Crippen LogP contribution in [-0.4, -0.2) is 98.3 Å². The van der Waals surface area contributed by atoms with Gasteiger partial charge in [-0.2, -0.15) is 0 Å². The van der Waals surface area contributed by atoms with Crippen LogP contribution < -0.4 is 0 Å². The molecule has 0 aromatic rings. The number of ether oxygens (including phenoxy) is 2. The molecule has 0 saturated heterocycles. The molecule has 0 amide bonds. The topological polar surface area (TPSA) is 210 Å². The van der Waals surface area contributed by atoms with Crippen LogP contribution in [0, 0.1) is 0 Å². The first kappa shape index (κ1) is 49.9. The molecule has 14 heteroatoms. The van der Waals surface area contributed by atoms with Gasteiger partial charge in [-0.15, -0.1) is 0 Å². The van der Waals surface area contributed by atoms with Crippen molar-refractivity contribution in [3.63, 3.8) is 0 Å². The summed E-state index contributed by atoms with van der Waals surface area (Å²) < 4.78 is 33.4. The minimum atomic E-state index is -5.10. The molecule has 1 aliphatic rings. The van der Waals surface area contributed by atoms with Crippen molar-refractivity contribution in [2.24, 2.45) is 0 Å². The van der Waals surface area contributed by atoms with E-state index in [2.05, 4.69) is 13.8 Å². The third kappa shape index (κ3) is 24.2. The van der Waals surface area contributed by atoms with Crippen LogP contribution in [0.3, 0.4) is 0 Å². The Morgan fingerprint density at radius 1 is 0.509 bits per heavy atom. The molecule has 0 bridgehead atoms.